The summed E-state index contributed by atoms with van der Waals surface area (Å²) in [5.74, 6) is 6.25. The highest BCUT2D eigenvalue weighted by Crippen LogP contribution is 2.19. The number of benzene rings is 1. The number of nitrogens with one attached hydrogen (secondary N) is 1. The van der Waals surface area contributed by atoms with E-state index in [0.29, 0.717) is 23.3 Å². The molecular formula is C16H21NO3. The number of amides is 1. The fourth-order valence-corrected chi connectivity index (χ4v) is 1.57. The van der Waals surface area contributed by atoms with Crippen molar-refractivity contribution in [3.8, 4) is 17.6 Å². The lowest BCUT2D eigenvalue weighted by molar-refractivity contribution is 0.0939. The Bertz CT molecular complexity index is 514. The quantitative estimate of drug-likeness (QED) is 0.808. The van der Waals surface area contributed by atoms with Crippen molar-refractivity contribution in [2.24, 2.45) is 0 Å². The summed E-state index contributed by atoms with van der Waals surface area (Å²) in [5.41, 5.74) is 1.21. The summed E-state index contributed by atoms with van der Waals surface area (Å²) in [6.45, 7) is 4.00. The molecule has 0 aromatic heterocycles. The second-order valence-electron chi connectivity index (χ2n) is 4.47. The average Bonchev–Trinajstić information content (AvgIpc) is 2.47. The smallest absolute Gasteiger partial charge is 0.251 e. The van der Waals surface area contributed by atoms with E-state index in [4.69, 9.17) is 9.84 Å². The summed E-state index contributed by atoms with van der Waals surface area (Å²) in [6.07, 6.45) is 1.28. The standard InChI is InChI=1S/C16H21NO3/c1-4-12(2)17-16(19)14-8-9-15(20-3)13(11-14)7-5-6-10-18/h8-9,11-12,18H,4,6,10H2,1-3H3,(H,17,19). The average molecular weight is 275 g/mol. The molecule has 1 rings (SSSR count). The lowest BCUT2D eigenvalue weighted by Gasteiger charge is -2.12. The summed E-state index contributed by atoms with van der Waals surface area (Å²) in [6, 6.07) is 5.29. The number of hydrogen-bond donors (Lipinski definition) is 2. The van der Waals surface area contributed by atoms with Gasteiger partial charge in [-0.15, -0.1) is 0 Å². The SMILES string of the molecule is CCC(C)NC(=O)c1ccc(OC)c(C#CCCO)c1. The normalized spacial score (nSPS) is 11.2. The zero-order valence-electron chi connectivity index (χ0n) is 12.2. The Kier molecular flexibility index (Phi) is 6.61. The van der Waals surface area contributed by atoms with Gasteiger partial charge in [0.1, 0.15) is 5.75 Å². The van der Waals surface area contributed by atoms with Gasteiger partial charge in [-0.05, 0) is 31.5 Å². The molecule has 0 spiro atoms. The van der Waals surface area contributed by atoms with Crippen molar-refractivity contribution < 1.29 is 14.6 Å². The van der Waals surface area contributed by atoms with Gasteiger partial charge in [-0.2, -0.15) is 0 Å². The molecule has 1 unspecified atom stereocenters. The number of ether oxygens (including phenoxy) is 1. The predicted molar refractivity (Wildman–Crippen MR) is 78.8 cm³/mol. The van der Waals surface area contributed by atoms with E-state index in [1.54, 1.807) is 25.3 Å². The molecule has 0 aliphatic heterocycles. The van der Waals surface area contributed by atoms with E-state index in [-0.39, 0.29) is 18.6 Å². The van der Waals surface area contributed by atoms with Gasteiger partial charge >= 0.3 is 0 Å². The molecule has 2 N–H and O–H groups in total. The molecule has 0 heterocycles. The Morgan fingerprint density at radius 1 is 1.50 bits per heavy atom. The van der Waals surface area contributed by atoms with Crippen LogP contribution >= 0.6 is 0 Å². The van der Waals surface area contributed by atoms with Crippen LogP contribution in [0.2, 0.25) is 0 Å². The molecule has 0 fully saturated rings. The molecule has 108 valence electrons. The predicted octanol–water partition coefficient (Wildman–Crippen LogP) is 1.96. The minimum atomic E-state index is -0.118. The van der Waals surface area contributed by atoms with Crippen LogP contribution in [0.4, 0.5) is 0 Å². The third-order valence-corrected chi connectivity index (χ3v) is 2.91. The van der Waals surface area contributed by atoms with Crippen LogP contribution in [0.5, 0.6) is 5.75 Å². The molecule has 0 saturated heterocycles. The fraction of sp³-hybridized carbons (Fsp3) is 0.438. The summed E-state index contributed by atoms with van der Waals surface area (Å²) in [5, 5.41) is 11.7. The molecule has 4 heteroatoms. The van der Waals surface area contributed by atoms with Gasteiger partial charge in [0.25, 0.3) is 5.91 Å². The Morgan fingerprint density at radius 3 is 2.85 bits per heavy atom. The molecule has 0 radical (unpaired) electrons. The second-order valence-corrected chi connectivity index (χ2v) is 4.47. The maximum absolute atomic E-state index is 12.1. The monoisotopic (exact) mass is 275 g/mol. The van der Waals surface area contributed by atoms with Gasteiger partial charge in [0, 0.05) is 18.0 Å². The van der Waals surface area contributed by atoms with Crippen molar-refractivity contribution in [3.05, 3.63) is 29.3 Å². The van der Waals surface area contributed by atoms with Crippen LogP contribution in [-0.2, 0) is 0 Å². The number of carbonyl (C=O) groups excluding carboxylic acids is 1. The van der Waals surface area contributed by atoms with Crippen LogP contribution in [0.1, 0.15) is 42.6 Å². The molecule has 0 aliphatic carbocycles. The molecule has 20 heavy (non-hydrogen) atoms. The minimum Gasteiger partial charge on any atom is -0.495 e. The molecule has 1 amide bonds. The first-order chi connectivity index (χ1) is 9.62. The minimum absolute atomic E-state index is 0.0174. The van der Waals surface area contributed by atoms with Crippen molar-refractivity contribution in [2.75, 3.05) is 13.7 Å². The zero-order chi connectivity index (χ0) is 15.0. The summed E-state index contributed by atoms with van der Waals surface area (Å²) in [4.78, 5) is 12.1. The van der Waals surface area contributed by atoms with E-state index < -0.39 is 0 Å². The van der Waals surface area contributed by atoms with Crippen molar-refractivity contribution in [1.82, 2.24) is 5.32 Å². The van der Waals surface area contributed by atoms with Crippen LogP contribution in [0.25, 0.3) is 0 Å². The summed E-state index contributed by atoms with van der Waals surface area (Å²) < 4.78 is 5.22. The molecule has 0 aliphatic rings. The largest absolute Gasteiger partial charge is 0.495 e. The molecule has 0 saturated carbocycles. The van der Waals surface area contributed by atoms with Gasteiger partial charge in [0.15, 0.2) is 0 Å². The van der Waals surface area contributed by atoms with Crippen molar-refractivity contribution in [2.45, 2.75) is 32.7 Å². The molecule has 0 bridgehead atoms. The Morgan fingerprint density at radius 2 is 2.25 bits per heavy atom. The van der Waals surface area contributed by atoms with Gasteiger partial charge in [-0.3, -0.25) is 4.79 Å². The van der Waals surface area contributed by atoms with Crippen LogP contribution < -0.4 is 10.1 Å². The van der Waals surface area contributed by atoms with Crippen LogP contribution in [0.15, 0.2) is 18.2 Å². The van der Waals surface area contributed by atoms with E-state index in [1.165, 1.54) is 0 Å². The third kappa shape index (κ3) is 4.60. The van der Waals surface area contributed by atoms with E-state index in [9.17, 15) is 4.79 Å². The van der Waals surface area contributed by atoms with Crippen molar-refractivity contribution in [1.29, 1.82) is 0 Å². The third-order valence-electron chi connectivity index (χ3n) is 2.91. The first-order valence-corrected chi connectivity index (χ1v) is 6.71. The highest BCUT2D eigenvalue weighted by Gasteiger charge is 2.11. The topological polar surface area (TPSA) is 58.6 Å². The zero-order valence-corrected chi connectivity index (χ0v) is 12.2. The Labute approximate surface area is 120 Å². The molecule has 1 atom stereocenters. The summed E-state index contributed by atoms with van der Waals surface area (Å²) in [7, 11) is 1.56. The number of methoxy groups -OCH3 is 1. The number of rotatable bonds is 5. The van der Waals surface area contributed by atoms with Gasteiger partial charge in [-0.1, -0.05) is 18.8 Å². The molecule has 1 aromatic rings. The van der Waals surface area contributed by atoms with Crippen molar-refractivity contribution in [3.63, 3.8) is 0 Å². The number of aliphatic hydroxyl groups is 1. The van der Waals surface area contributed by atoms with E-state index >= 15 is 0 Å². The van der Waals surface area contributed by atoms with Gasteiger partial charge in [-0.25, -0.2) is 0 Å². The number of aliphatic hydroxyl groups excluding tert-OH is 1. The fourth-order valence-electron chi connectivity index (χ4n) is 1.57. The summed E-state index contributed by atoms with van der Waals surface area (Å²) >= 11 is 0. The molecule has 1 aromatic carbocycles. The van der Waals surface area contributed by atoms with Crippen molar-refractivity contribution >= 4 is 5.91 Å². The second kappa shape index (κ2) is 8.23. The van der Waals surface area contributed by atoms with Crippen LogP contribution in [0.3, 0.4) is 0 Å². The first-order valence-electron chi connectivity index (χ1n) is 6.71. The maximum Gasteiger partial charge on any atom is 0.251 e. The Balaban J connectivity index is 2.98. The van der Waals surface area contributed by atoms with E-state index in [0.717, 1.165) is 6.42 Å². The highest BCUT2D eigenvalue weighted by molar-refractivity contribution is 5.95. The number of hydrogen-bond acceptors (Lipinski definition) is 3. The van der Waals surface area contributed by atoms with Crippen LogP contribution in [-0.4, -0.2) is 30.8 Å². The van der Waals surface area contributed by atoms with Gasteiger partial charge in [0.2, 0.25) is 0 Å². The van der Waals surface area contributed by atoms with E-state index in [2.05, 4.69) is 17.2 Å². The molecular weight excluding hydrogens is 254 g/mol. The first kappa shape index (κ1) is 16.1. The maximum atomic E-state index is 12.1. The molecule has 4 nitrogen and oxygen atoms in total. The Hall–Kier alpha value is -1.99. The number of carbonyl (C=O) groups is 1. The van der Waals surface area contributed by atoms with E-state index in [1.807, 2.05) is 13.8 Å². The van der Waals surface area contributed by atoms with Gasteiger partial charge < -0.3 is 15.2 Å². The van der Waals surface area contributed by atoms with Gasteiger partial charge in [0.05, 0.1) is 19.3 Å². The lowest BCUT2D eigenvalue weighted by atomic mass is 10.1. The highest BCUT2D eigenvalue weighted by atomic mass is 16.5. The lowest BCUT2D eigenvalue weighted by Crippen LogP contribution is -2.31. The van der Waals surface area contributed by atoms with Crippen LogP contribution in [0, 0.1) is 11.8 Å².